The predicted octanol–water partition coefficient (Wildman–Crippen LogP) is 4.45. The highest BCUT2D eigenvalue weighted by Crippen LogP contribution is 2.28. The van der Waals surface area contributed by atoms with Crippen molar-refractivity contribution < 1.29 is 9.53 Å². The monoisotopic (exact) mass is 365 g/mol. The Morgan fingerprint density at radius 3 is 2.50 bits per heavy atom. The fraction of sp³-hybridized carbons (Fsp3) is 0.471. The van der Waals surface area contributed by atoms with E-state index in [0.717, 1.165) is 15.5 Å². The van der Waals surface area contributed by atoms with Gasteiger partial charge in [-0.1, -0.05) is 49.9 Å². The minimum absolute atomic E-state index is 0.200. The molecule has 1 amide bonds. The van der Waals surface area contributed by atoms with Crippen LogP contribution in [0, 0.1) is 13.8 Å². The number of ether oxygens (including phenoxy) is 1. The SMILES string of the molecule is CC[C@@H](Oc1cc(C)cc(C)c1)C(=O)Nc1nnc(SC(C)C)s1. The lowest BCUT2D eigenvalue weighted by Gasteiger charge is -2.17. The first-order chi connectivity index (χ1) is 11.4. The van der Waals surface area contributed by atoms with E-state index < -0.39 is 6.10 Å². The van der Waals surface area contributed by atoms with Crippen LogP contribution in [0.5, 0.6) is 5.75 Å². The van der Waals surface area contributed by atoms with Gasteiger partial charge in [0, 0.05) is 5.25 Å². The topological polar surface area (TPSA) is 64.1 Å². The van der Waals surface area contributed by atoms with E-state index in [1.807, 2.05) is 32.9 Å². The number of hydrogen-bond donors (Lipinski definition) is 1. The van der Waals surface area contributed by atoms with Gasteiger partial charge in [0.2, 0.25) is 5.13 Å². The van der Waals surface area contributed by atoms with Gasteiger partial charge in [-0.3, -0.25) is 10.1 Å². The van der Waals surface area contributed by atoms with E-state index in [4.69, 9.17) is 4.74 Å². The average Bonchev–Trinajstić information content (AvgIpc) is 2.89. The maximum atomic E-state index is 12.4. The van der Waals surface area contributed by atoms with Gasteiger partial charge in [0.25, 0.3) is 5.91 Å². The summed E-state index contributed by atoms with van der Waals surface area (Å²) >= 11 is 3.01. The number of benzene rings is 1. The van der Waals surface area contributed by atoms with Crippen LogP contribution < -0.4 is 10.1 Å². The highest BCUT2D eigenvalue weighted by molar-refractivity contribution is 8.01. The first-order valence-electron chi connectivity index (χ1n) is 7.93. The van der Waals surface area contributed by atoms with Gasteiger partial charge < -0.3 is 4.74 Å². The zero-order chi connectivity index (χ0) is 17.7. The van der Waals surface area contributed by atoms with Gasteiger partial charge in [-0.25, -0.2) is 0 Å². The molecule has 1 atom stereocenters. The number of amides is 1. The van der Waals surface area contributed by atoms with E-state index >= 15 is 0 Å². The summed E-state index contributed by atoms with van der Waals surface area (Å²) in [6.45, 7) is 10.1. The number of nitrogens with one attached hydrogen (secondary N) is 1. The second kappa shape index (κ2) is 8.48. The minimum Gasteiger partial charge on any atom is -0.481 e. The molecule has 0 fully saturated rings. The number of rotatable bonds is 7. The van der Waals surface area contributed by atoms with E-state index in [0.29, 0.717) is 22.6 Å². The zero-order valence-corrected chi connectivity index (χ0v) is 16.3. The number of carbonyl (C=O) groups is 1. The van der Waals surface area contributed by atoms with Gasteiger partial charge in [-0.15, -0.1) is 10.2 Å². The number of anilines is 1. The molecule has 5 nitrogen and oxygen atoms in total. The summed E-state index contributed by atoms with van der Waals surface area (Å²) in [7, 11) is 0. The van der Waals surface area contributed by atoms with Crippen molar-refractivity contribution in [2.45, 2.75) is 56.7 Å². The Balaban J connectivity index is 2.01. The molecular formula is C17H23N3O2S2. The van der Waals surface area contributed by atoms with Crippen molar-refractivity contribution >= 4 is 34.1 Å². The molecule has 0 aliphatic rings. The van der Waals surface area contributed by atoms with Gasteiger partial charge in [0.1, 0.15) is 5.75 Å². The summed E-state index contributed by atoms with van der Waals surface area (Å²) in [6.07, 6.45) is 0.0157. The molecule has 0 saturated carbocycles. The van der Waals surface area contributed by atoms with Crippen LogP contribution in [-0.4, -0.2) is 27.5 Å². The molecule has 1 heterocycles. The van der Waals surface area contributed by atoms with Gasteiger partial charge in [-0.05, 0) is 43.5 Å². The van der Waals surface area contributed by atoms with E-state index in [2.05, 4.69) is 35.4 Å². The summed E-state index contributed by atoms with van der Waals surface area (Å²) in [4.78, 5) is 12.4. The zero-order valence-electron chi connectivity index (χ0n) is 14.6. The van der Waals surface area contributed by atoms with Crippen LogP contribution in [0.25, 0.3) is 0 Å². The summed E-state index contributed by atoms with van der Waals surface area (Å²) in [5, 5.41) is 11.8. The summed E-state index contributed by atoms with van der Waals surface area (Å²) < 4.78 is 6.72. The van der Waals surface area contributed by atoms with Crippen molar-refractivity contribution in [2.75, 3.05) is 5.32 Å². The first-order valence-corrected chi connectivity index (χ1v) is 9.63. The highest BCUT2D eigenvalue weighted by Gasteiger charge is 2.20. The van der Waals surface area contributed by atoms with Crippen molar-refractivity contribution in [2.24, 2.45) is 0 Å². The second-order valence-electron chi connectivity index (χ2n) is 5.87. The fourth-order valence-electron chi connectivity index (χ4n) is 2.18. The number of aryl methyl sites for hydroxylation is 2. The lowest BCUT2D eigenvalue weighted by atomic mass is 10.1. The lowest BCUT2D eigenvalue weighted by Crippen LogP contribution is -2.32. The predicted molar refractivity (Wildman–Crippen MR) is 100 cm³/mol. The summed E-state index contributed by atoms with van der Waals surface area (Å²) in [6, 6.07) is 5.94. The maximum Gasteiger partial charge on any atom is 0.267 e. The standard InChI is InChI=1S/C17H23N3O2S2/c1-6-14(22-13-8-11(4)7-12(5)9-13)15(21)18-16-19-20-17(24-16)23-10(2)3/h7-10,14H,6H2,1-5H3,(H,18,19,21)/t14-/m1/s1. The Hall–Kier alpha value is -1.60. The van der Waals surface area contributed by atoms with Crippen molar-refractivity contribution in [3.63, 3.8) is 0 Å². The third-order valence-electron chi connectivity index (χ3n) is 3.11. The average molecular weight is 366 g/mol. The van der Waals surface area contributed by atoms with Crippen LogP contribution in [0.4, 0.5) is 5.13 Å². The third-order valence-corrected chi connectivity index (χ3v) is 5.04. The van der Waals surface area contributed by atoms with Gasteiger partial charge in [0.15, 0.2) is 10.4 Å². The maximum absolute atomic E-state index is 12.4. The lowest BCUT2D eigenvalue weighted by molar-refractivity contribution is -0.122. The highest BCUT2D eigenvalue weighted by atomic mass is 32.2. The smallest absolute Gasteiger partial charge is 0.267 e. The number of carbonyl (C=O) groups excluding carboxylic acids is 1. The van der Waals surface area contributed by atoms with Gasteiger partial charge in [-0.2, -0.15) is 0 Å². The van der Waals surface area contributed by atoms with Crippen LogP contribution in [0.15, 0.2) is 22.5 Å². The molecule has 0 unspecified atom stereocenters. The molecule has 130 valence electrons. The Bertz CT molecular complexity index is 681. The Labute approximate surface area is 151 Å². The molecule has 2 aromatic rings. The fourth-order valence-corrected chi connectivity index (χ4v) is 4.16. The molecule has 7 heteroatoms. The molecule has 0 saturated heterocycles. The molecule has 0 spiro atoms. The Morgan fingerprint density at radius 1 is 1.25 bits per heavy atom. The second-order valence-corrected chi connectivity index (χ2v) is 8.67. The molecule has 1 N–H and O–H groups in total. The number of thioether (sulfide) groups is 1. The van der Waals surface area contributed by atoms with E-state index in [9.17, 15) is 4.79 Å². The molecule has 0 aliphatic carbocycles. The van der Waals surface area contributed by atoms with Gasteiger partial charge >= 0.3 is 0 Å². The molecule has 1 aromatic carbocycles. The normalized spacial score (nSPS) is 12.2. The van der Waals surface area contributed by atoms with Crippen molar-refractivity contribution in [1.29, 1.82) is 0 Å². The molecule has 0 aliphatic heterocycles. The van der Waals surface area contributed by atoms with Crippen molar-refractivity contribution in [3.8, 4) is 5.75 Å². The van der Waals surface area contributed by atoms with Gasteiger partial charge in [0.05, 0.1) is 0 Å². The number of aromatic nitrogens is 2. The molecular weight excluding hydrogens is 342 g/mol. The Morgan fingerprint density at radius 2 is 1.92 bits per heavy atom. The third kappa shape index (κ3) is 5.49. The molecule has 24 heavy (non-hydrogen) atoms. The van der Waals surface area contributed by atoms with Crippen LogP contribution in [0.3, 0.4) is 0 Å². The first kappa shape index (κ1) is 18.7. The van der Waals surface area contributed by atoms with Crippen LogP contribution in [0.2, 0.25) is 0 Å². The summed E-state index contributed by atoms with van der Waals surface area (Å²) in [5.74, 6) is 0.511. The van der Waals surface area contributed by atoms with Crippen molar-refractivity contribution in [3.05, 3.63) is 29.3 Å². The van der Waals surface area contributed by atoms with Crippen LogP contribution in [0.1, 0.15) is 38.3 Å². The van der Waals surface area contributed by atoms with Crippen molar-refractivity contribution in [1.82, 2.24) is 10.2 Å². The molecule has 0 bridgehead atoms. The molecule has 0 radical (unpaired) electrons. The van der Waals surface area contributed by atoms with Crippen LogP contribution in [-0.2, 0) is 4.79 Å². The van der Waals surface area contributed by atoms with E-state index in [-0.39, 0.29) is 5.91 Å². The Kier molecular flexibility index (Phi) is 6.62. The molecule has 2 rings (SSSR count). The quantitative estimate of drug-likeness (QED) is 0.580. The minimum atomic E-state index is -0.559. The van der Waals surface area contributed by atoms with Crippen LogP contribution >= 0.6 is 23.1 Å². The largest absolute Gasteiger partial charge is 0.481 e. The molecule has 1 aromatic heterocycles. The number of nitrogens with zero attached hydrogens (tertiary/aromatic N) is 2. The summed E-state index contributed by atoms with van der Waals surface area (Å²) in [5.41, 5.74) is 2.22. The van der Waals surface area contributed by atoms with E-state index in [1.54, 1.807) is 11.8 Å². The number of hydrogen-bond acceptors (Lipinski definition) is 6. The van der Waals surface area contributed by atoms with E-state index in [1.165, 1.54) is 11.3 Å².